The Morgan fingerprint density at radius 1 is 1.07 bits per heavy atom. The summed E-state index contributed by atoms with van der Waals surface area (Å²) in [5.74, 6) is 0.523. The predicted octanol–water partition coefficient (Wildman–Crippen LogP) is 2.79. The maximum Gasteiger partial charge on any atom is 0.191 e. The summed E-state index contributed by atoms with van der Waals surface area (Å²) in [5, 5.41) is 16.5. The summed E-state index contributed by atoms with van der Waals surface area (Å²) >= 11 is 0. The lowest BCUT2D eigenvalue weighted by molar-refractivity contribution is 0.187. The number of aliphatic hydroxyl groups is 1. The summed E-state index contributed by atoms with van der Waals surface area (Å²) in [5.41, 5.74) is 2.09. The third-order valence-corrected chi connectivity index (χ3v) is 7.13. The molecular weight excluding hydrogens is 374 g/mol. The average molecular weight is 412 g/mol. The van der Waals surface area contributed by atoms with E-state index in [1.807, 2.05) is 31.2 Å². The van der Waals surface area contributed by atoms with Gasteiger partial charge in [0, 0.05) is 13.1 Å². The first-order valence-electron chi connectivity index (χ1n) is 9.81. The quantitative estimate of drug-likeness (QED) is 0.474. The number of nitrogens with zero attached hydrogens (tertiary/aromatic N) is 1. The van der Waals surface area contributed by atoms with Gasteiger partial charge in [0.25, 0.3) is 0 Å². The van der Waals surface area contributed by atoms with Crippen LogP contribution >= 0.6 is 0 Å². The second-order valence-electron chi connectivity index (χ2n) is 8.97. The van der Waals surface area contributed by atoms with Crippen molar-refractivity contribution in [3.05, 3.63) is 35.4 Å². The lowest BCUT2D eigenvalue weighted by Crippen LogP contribution is -2.42. The van der Waals surface area contributed by atoms with Gasteiger partial charge in [0.05, 0.1) is 23.1 Å². The second-order valence-corrected chi connectivity index (χ2v) is 11.8. The molecule has 0 fully saturated rings. The number of nitrogens with one attached hydrogen (secondary N) is 2. The number of hydrogen-bond acceptors (Lipinski definition) is 4. The van der Waals surface area contributed by atoms with Crippen molar-refractivity contribution in [1.82, 2.24) is 10.6 Å². The Morgan fingerprint density at radius 2 is 1.64 bits per heavy atom. The Hall–Kier alpha value is -1.60. The molecule has 0 aliphatic heterocycles. The van der Waals surface area contributed by atoms with Crippen LogP contribution in [0.2, 0.25) is 0 Å². The molecule has 0 saturated heterocycles. The fourth-order valence-corrected chi connectivity index (χ4v) is 3.42. The molecule has 0 aliphatic carbocycles. The molecule has 0 bridgehead atoms. The van der Waals surface area contributed by atoms with E-state index in [0.717, 1.165) is 5.56 Å². The molecule has 1 rings (SSSR count). The molecule has 6 nitrogen and oxygen atoms in total. The van der Waals surface area contributed by atoms with Gasteiger partial charge < -0.3 is 15.7 Å². The number of aliphatic imine (C=N–C) groups is 1. The van der Waals surface area contributed by atoms with E-state index in [1.165, 1.54) is 5.56 Å². The molecule has 0 amide bonds. The van der Waals surface area contributed by atoms with E-state index in [0.29, 0.717) is 12.5 Å². The highest BCUT2D eigenvalue weighted by atomic mass is 32.2. The van der Waals surface area contributed by atoms with Gasteiger partial charge in [0.2, 0.25) is 0 Å². The van der Waals surface area contributed by atoms with Crippen LogP contribution in [0.4, 0.5) is 0 Å². The Balaban J connectivity index is 2.71. The second kappa shape index (κ2) is 9.74. The first kappa shape index (κ1) is 24.4. The molecule has 0 heterocycles. The van der Waals surface area contributed by atoms with Crippen molar-refractivity contribution in [2.75, 3.05) is 25.4 Å². The lowest BCUT2D eigenvalue weighted by Gasteiger charge is -2.20. The lowest BCUT2D eigenvalue weighted by atomic mass is 9.86. The zero-order chi connectivity index (χ0) is 21.6. The molecule has 0 spiro atoms. The van der Waals surface area contributed by atoms with Crippen molar-refractivity contribution in [2.45, 2.75) is 64.7 Å². The van der Waals surface area contributed by atoms with Crippen LogP contribution in [0.1, 0.15) is 65.7 Å². The van der Waals surface area contributed by atoms with Crippen molar-refractivity contribution >= 4 is 15.8 Å². The van der Waals surface area contributed by atoms with Crippen LogP contribution < -0.4 is 10.6 Å². The summed E-state index contributed by atoms with van der Waals surface area (Å²) in [7, 11) is -3.19. The van der Waals surface area contributed by atoms with Gasteiger partial charge in [-0.25, -0.2) is 8.42 Å². The van der Waals surface area contributed by atoms with Gasteiger partial charge >= 0.3 is 0 Å². The van der Waals surface area contributed by atoms with Gasteiger partial charge in [0.15, 0.2) is 15.8 Å². The minimum Gasteiger partial charge on any atom is -0.386 e. The molecule has 1 atom stereocenters. The van der Waals surface area contributed by atoms with Crippen molar-refractivity contribution in [3.63, 3.8) is 0 Å². The molecule has 28 heavy (non-hydrogen) atoms. The van der Waals surface area contributed by atoms with E-state index in [4.69, 9.17) is 0 Å². The average Bonchev–Trinajstić information content (AvgIpc) is 2.57. The van der Waals surface area contributed by atoms with Gasteiger partial charge in [-0.1, -0.05) is 45.0 Å². The molecular formula is C21H37N3O3S. The molecule has 0 radical (unpaired) electrons. The van der Waals surface area contributed by atoms with Crippen molar-refractivity contribution in [2.24, 2.45) is 4.99 Å². The largest absolute Gasteiger partial charge is 0.386 e. The number of aliphatic hydroxyl groups excluding tert-OH is 1. The van der Waals surface area contributed by atoms with Gasteiger partial charge in [0.1, 0.15) is 0 Å². The van der Waals surface area contributed by atoms with Gasteiger partial charge in [-0.2, -0.15) is 0 Å². The third-order valence-electron chi connectivity index (χ3n) is 4.52. The highest BCUT2D eigenvalue weighted by Crippen LogP contribution is 2.24. The standard InChI is InChI=1S/C21H37N3O3S/c1-8-22-19(23-13-14-28(26,27)21(5,6)7)24-15-18(25)16-9-11-17(12-10-16)20(2,3)4/h9-12,18,25H,8,13-15H2,1-7H3,(H2,22,23,24). The molecule has 1 aromatic rings. The van der Waals surface area contributed by atoms with Gasteiger partial charge in [-0.15, -0.1) is 0 Å². The summed E-state index contributed by atoms with van der Waals surface area (Å²) in [6.45, 7) is 14.6. The molecule has 1 aromatic carbocycles. The maximum atomic E-state index is 12.2. The first-order valence-corrected chi connectivity index (χ1v) is 11.5. The van der Waals surface area contributed by atoms with Crippen LogP contribution in [-0.4, -0.2) is 49.6 Å². The number of benzene rings is 1. The highest BCUT2D eigenvalue weighted by molar-refractivity contribution is 7.92. The smallest absolute Gasteiger partial charge is 0.191 e. The Morgan fingerprint density at radius 3 is 2.11 bits per heavy atom. The minimum absolute atomic E-state index is 0.0255. The van der Waals surface area contributed by atoms with E-state index in [-0.39, 0.29) is 24.3 Å². The van der Waals surface area contributed by atoms with E-state index in [2.05, 4.69) is 36.4 Å². The number of guanidine groups is 1. The van der Waals surface area contributed by atoms with Crippen LogP contribution in [0.15, 0.2) is 29.3 Å². The SMILES string of the molecule is CCNC(=NCC(O)c1ccc(C(C)(C)C)cc1)NCCS(=O)(=O)C(C)(C)C. The molecule has 3 N–H and O–H groups in total. The van der Waals surface area contributed by atoms with Crippen LogP contribution in [0.25, 0.3) is 0 Å². The molecule has 1 unspecified atom stereocenters. The summed E-state index contributed by atoms with van der Waals surface area (Å²) in [6.07, 6.45) is -0.720. The molecule has 7 heteroatoms. The van der Waals surface area contributed by atoms with Gasteiger partial charge in [-0.3, -0.25) is 4.99 Å². The molecule has 0 aliphatic rings. The van der Waals surface area contributed by atoms with Crippen LogP contribution in [-0.2, 0) is 15.3 Å². The van der Waals surface area contributed by atoms with E-state index in [1.54, 1.807) is 20.8 Å². The minimum atomic E-state index is -3.19. The Bertz CT molecular complexity index is 743. The monoisotopic (exact) mass is 411 g/mol. The van der Waals surface area contributed by atoms with E-state index >= 15 is 0 Å². The zero-order valence-corrected chi connectivity index (χ0v) is 19.2. The van der Waals surface area contributed by atoms with Crippen LogP contribution in [0, 0.1) is 0 Å². The highest BCUT2D eigenvalue weighted by Gasteiger charge is 2.28. The number of hydrogen-bond donors (Lipinski definition) is 3. The van der Waals surface area contributed by atoms with Crippen molar-refractivity contribution in [1.29, 1.82) is 0 Å². The van der Waals surface area contributed by atoms with Gasteiger partial charge in [-0.05, 0) is 44.2 Å². The summed E-state index contributed by atoms with van der Waals surface area (Å²) in [4.78, 5) is 4.39. The predicted molar refractivity (Wildman–Crippen MR) is 118 cm³/mol. The molecule has 0 saturated carbocycles. The fraction of sp³-hybridized carbons (Fsp3) is 0.667. The summed E-state index contributed by atoms with van der Waals surface area (Å²) < 4.78 is 23.6. The van der Waals surface area contributed by atoms with E-state index < -0.39 is 20.7 Å². The first-order chi connectivity index (χ1) is 12.8. The summed E-state index contributed by atoms with van der Waals surface area (Å²) in [6, 6.07) is 7.92. The van der Waals surface area contributed by atoms with E-state index in [9.17, 15) is 13.5 Å². The molecule has 0 aromatic heterocycles. The van der Waals surface area contributed by atoms with Crippen molar-refractivity contribution in [3.8, 4) is 0 Å². The van der Waals surface area contributed by atoms with Crippen molar-refractivity contribution < 1.29 is 13.5 Å². The Kier molecular flexibility index (Phi) is 8.50. The topological polar surface area (TPSA) is 90.8 Å². The van der Waals surface area contributed by atoms with Crippen LogP contribution in [0.5, 0.6) is 0 Å². The zero-order valence-electron chi connectivity index (χ0n) is 18.3. The maximum absolute atomic E-state index is 12.2. The molecule has 160 valence electrons. The third kappa shape index (κ3) is 7.43. The normalized spacial score (nSPS) is 14.6. The number of sulfone groups is 1. The Labute approximate surface area is 170 Å². The van der Waals surface area contributed by atoms with Crippen LogP contribution in [0.3, 0.4) is 0 Å². The number of rotatable bonds is 7. The fourth-order valence-electron chi connectivity index (χ4n) is 2.44.